The predicted octanol–water partition coefficient (Wildman–Crippen LogP) is 10.6. The number of fused-ring (bicyclic) bond motifs is 3. The van der Waals surface area contributed by atoms with Gasteiger partial charge >= 0.3 is 0 Å². The van der Waals surface area contributed by atoms with Gasteiger partial charge in [-0.15, -0.1) is 0 Å². The highest BCUT2D eigenvalue weighted by Gasteiger charge is 2.46. The number of nitrogens with zero attached hydrogens (tertiary/aromatic N) is 2. The Balaban J connectivity index is 1.39. The van der Waals surface area contributed by atoms with Crippen molar-refractivity contribution in [2.24, 2.45) is 0 Å². The molecule has 0 saturated heterocycles. The summed E-state index contributed by atoms with van der Waals surface area (Å²) < 4.78 is 14.6. The number of rotatable bonds is 18. The third-order valence-corrected chi connectivity index (χ3v) is 10.2. The number of benzene rings is 4. The number of hydrogen-bond donors (Lipinski definition) is 0. The molecule has 0 bridgehead atoms. The summed E-state index contributed by atoms with van der Waals surface area (Å²) in [6.45, 7) is 3.79. The minimum Gasteiger partial charge on any atom is -0.494 e. The lowest BCUT2D eigenvalue weighted by Gasteiger charge is -2.34. The summed E-state index contributed by atoms with van der Waals surface area (Å²) in [6.07, 6.45) is 9.51. The fourth-order valence-corrected chi connectivity index (χ4v) is 7.53. The molecule has 1 aliphatic rings. The van der Waals surface area contributed by atoms with Gasteiger partial charge in [-0.25, -0.2) is 0 Å². The number of unbranched alkanes of at least 4 members (excludes halogenated alkanes) is 6. The monoisotopic (exact) mass is 760 g/mol. The maximum absolute atomic E-state index is 6.22. The number of halogens is 2. The van der Waals surface area contributed by atoms with E-state index in [0.717, 1.165) is 59.6 Å². The predicted molar refractivity (Wildman–Crippen MR) is 204 cm³/mol. The molecular weight excluding hydrogens is 712 g/mol. The standard InChI is InChI=1S/C41H50Br2N2O2/c1-44(2)25-9-5-7-11-27-46-35-19-13-31(14-20-35)41(32-15-21-36(22-16-32)47-28-12-8-6-10-26-45(3)4)39-29-33(42)17-23-37(39)38-24-18-34(43)30-40(38)41/h13-24,29-30H,5-12,25-28H2,1-4H3. The van der Waals surface area contributed by atoms with Crippen LogP contribution < -0.4 is 9.47 Å². The van der Waals surface area contributed by atoms with E-state index in [1.807, 2.05) is 0 Å². The van der Waals surface area contributed by atoms with Crippen LogP contribution in [0.1, 0.15) is 73.6 Å². The Hall–Kier alpha value is -2.64. The smallest absolute Gasteiger partial charge is 0.119 e. The van der Waals surface area contributed by atoms with E-state index < -0.39 is 5.41 Å². The lowest BCUT2D eigenvalue weighted by atomic mass is 9.67. The van der Waals surface area contributed by atoms with Crippen molar-refractivity contribution >= 4 is 31.9 Å². The molecule has 0 spiro atoms. The fourth-order valence-electron chi connectivity index (χ4n) is 6.81. The lowest BCUT2D eigenvalue weighted by Crippen LogP contribution is -2.28. The lowest BCUT2D eigenvalue weighted by molar-refractivity contribution is 0.302. The third-order valence-electron chi connectivity index (χ3n) is 9.17. The third kappa shape index (κ3) is 8.89. The van der Waals surface area contributed by atoms with Crippen molar-refractivity contribution in [3.63, 3.8) is 0 Å². The van der Waals surface area contributed by atoms with Gasteiger partial charge in [-0.05, 0) is 149 Å². The summed E-state index contributed by atoms with van der Waals surface area (Å²) in [7, 11) is 8.55. The highest BCUT2D eigenvalue weighted by Crippen LogP contribution is 2.57. The maximum Gasteiger partial charge on any atom is 0.119 e. The molecule has 0 radical (unpaired) electrons. The van der Waals surface area contributed by atoms with Crippen LogP contribution in [0.15, 0.2) is 93.9 Å². The summed E-state index contributed by atoms with van der Waals surface area (Å²) in [5, 5.41) is 0. The van der Waals surface area contributed by atoms with E-state index >= 15 is 0 Å². The molecule has 4 aromatic carbocycles. The first-order valence-corrected chi connectivity index (χ1v) is 18.7. The van der Waals surface area contributed by atoms with Crippen LogP contribution >= 0.6 is 31.9 Å². The van der Waals surface area contributed by atoms with Crippen LogP contribution in [-0.4, -0.2) is 64.3 Å². The van der Waals surface area contributed by atoms with Gasteiger partial charge in [0.2, 0.25) is 0 Å². The molecule has 6 heteroatoms. The van der Waals surface area contributed by atoms with Crippen molar-refractivity contribution in [3.8, 4) is 22.6 Å². The summed E-state index contributed by atoms with van der Waals surface area (Å²) in [6, 6.07) is 31.0. The van der Waals surface area contributed by atoms with Crippen LogP contribution in [0.3, 0.4) is 0 Å². The number of hydrogen-bond acceptors (Lipinski definition) is 4. The van der Waals surface area contributed by atoms with E-state index in [1.165, 1.54) is 71.9 Å². The Morgan fingerprint density at radius 2 is 0.872 bits per heavy atom. The van der Waals surface area contributed by atoms with Gasteiger partial charge in [0.1, 0.15) is 11.5 Å². The van der Waals surface area contributed by atoms with Gasteiger partial charge in [0, 0.05) is 8.95 Å². The molecule has 0 aromatic heterocycles. The zero-order chi connectivity index (χ0) is 33.2. The molecule has 0 amide bonds. The van der Waals surface area contributed by atoms with Crippen LogP contribution in [0, 0.1) is 0 Å². The van der Waals surface area contributed by atoms with Crippen molar-refractivity contribution in [1.82, 2.24) is 9.80 Å². The normalized spacial score (nSPS) is 13.2. The summed E-state index contributed by atoms with van der Waals surface area (Å²) in [5.41, 5.74) is 7.02. The quantitative estimate of drug-likeness (QED) is 0.0830. The van der Waals surface area contributed by atoms with Gasteiger partial charge in [-0.3, -0.25) is 0 Å². The van der Waals surface area contributed by atoms with Gasteiger partial charge in [-0.2, -0.15) is 0 Å². The molecule has 4 nitrogen and oxygen atoms in total. The van der Waals surface area contributed by atoms with Crippen LogP contribution in [0.2, 0.25) is 0 Å². The molecule has 0 unspecified atom stereocenters. The molecule has 250 valence electrons. The molecule has 4 aromatic rings. The van der Waals surface area contributed by atoms with Crippen molar-refractivity contribution in [2.75, 3.05) is 54.5 Å². The van der Waals surface area contributed by atoms with Crippen molar-refractivity contribution in [2.45, 2.75) is 56.8 Å². The first-order chi connectivity index (χ1) is 22.8. The van der Waals surface area contributed by atoms with Gasteiger partial charge in [-0.1, -0.05) is 93.9 Å². The topological polar surface area (TPSA) is 24.9 Å². The average molecular weight is 763 g/mol. The zero-order valence-electron chi connectivity index (χ0n) is 28.5. The molecule has 0 aliphatic heterocycles. The zero-order valence-corrected chi connectivity index (χ0v) is 31.7. The molecule has 1 aliphatic carbocycles. The van der Waals surface area contributed by atoms with E-state index in [4.69, 9.17) is 9.47 Å². The summed E-state index contributed by atoms with van der Waals surface area (Å²) in [4.78, 5) is 4.50. The molecule has 0 N–H and O–H groups in total. The summed E-state index contributed by atoms with van der Waals surface area (Å²) in [5.74, 6) is 1.84. The molecule has 0 atom stereocenters. The van der Waals surface area contributed by atoms with Crippen molar-refractivity contribution in [3.05, 3.63) is 116 Å². The molecule has 0 saturated carbocycles. The fraction of sp³-hybridized carbons (Fsp3) is 0.415. The highest BCUT2D eigenvalue weighted by atomic mass is 79.9. The minimum absolute atomic E-state index is 0.492. The van der Waals surface area contributed by atoms with E-state index in [1.54, 1.807) is 0 Å². The molecule has 5 rings (SSSR count). The van der Waals surface area contributed by atoms with Crippen LogP contribution in [0.5, 0.6) is 11.5 Å². The number of ether oxygens (including phenoxy) is 2. The Labute approximate surface area is 299 Å². The van der Waals surface area contributed by atoms with Gasteiger partial charge < -0.3 is 19.3 Å². The first-order valence-electron chi connectivity index (χ1n) is 17.2. The largest absolute Gasteiger partial charge is 0.494 e. The van der Waals surface area contributed by atoms with Gasteiger partial charge in [0.15, 0.2) is 0 Å². The van der Waals surface area contributed by atoms with Gasteiger partial charge in [0.25, 0.3) is 0 Å². The average Bonchev–Trinajstić information content (AvgIpc) is 3.33. The summed E-state index contributed by atoms with van der Waals surface area (Å²) >= 11 is 7.61. The molecular formula is C41H50Br2N2O2. The van der Waals surface area contributed by atoms with E-state index in [-0.39, 0.29) is 0 Å². The Morgan fingerprint density at radius 1 is 0.489 bits per heavy atom. The van der Waals surface area contributed by atoms with Crippen molar-refractivity contribution < 1.29 is 9.47 Å². The van der Waals surface area contributed by atoms with Crippen molar-refractivity contribution in [1.29, 1.82) is 0 Å². The van der Waals surface area contributed by atoms with Crippen LogP contribution in [-0.2, 0) is 5.41 Å². The highest BCUT2D eigenvalue weighted by molar-refractivity contribution is 9.10. The van der Waals surface area contributed by atoms with E-state index in [9.17, 15) is 0 Å². The van der Waals surface area contributed by atoms with Gasteiger partial charge in [0.05, 0.1) is 18.6 Å². The molecule has 47 heavy (non-hydrogen) atoms. The Morgan fingerprint density at radius 3 is 1.26 bits per heavy atom. The van der Waals surface area contributed by atoms with E-state index in [2.05, 4.69) is 155 Å². The maximum atomic E-state index is 6.22. The van der Waals surface area contributed by atoms with Crippen LogP contribution in [0.25, 0.3) is 11.1 Å². The molecule has 0 fully saturated rings. The Kier molecular flexibility index (Phi) is 13.0. The molecule has 0 heterocycles. The first kappa shape index (κ1) is 35.7. The van der Waals surface area contributed by atoms with E-state index in [0.29, 0.717) is 0 Å². The SMILES string of the molecule is CN(C)CCCCCCOc1ccc(C2(c3ccc(OCCCCCCN(C)C)cc3)c3cc(Br)ccc3-c3ccc(Br)cc32)cc1. The minimum atomic E-state index is -0.492. The second-order valence-corrected chi connectivity index (χ2v) is 15.1. The second kappa shape index (κ2) is 17.1. The Bertz CT molecular complexity index is 1450. The second-order valence-electron chi connectivity index (χ2n) is 13.3. The van der Waals surface area contributed by atoms with Crippen LogP contribution in [0.4, 0.5) is 0 Å².